The van der Waals surface area contributed by atoms with Crippen LogP contribution < -0.4 is 0 Å². The van der Waals surface area contributed by atoms with Crippen molar-refractivity contribution in [3.63, 3.8) is 0 Å². The lowest BCUT2D eigenvalue weighted by Gasteiger charge is -2.39. The highest BCUT2D eigenvalue weighted by Crippen LogP contribution is 2.55. The molecule has 3 rings (SSSR count). The maximum atomic E-state index is 13.3. The van der Waals surface area contributed by atoms with Crippen LogP contribution in [0.5, 0.6) is 0 Å². The van der Waals surface area contributed by atoms with Crippen molar-refractivity contribution >= 4 is 26.0 Å². The number of hydrogen-bond donors (Lipinski definition) is 1. The minimum absolute atomic E-state index is 0.0196. The largest absolute Gasteiger partial charge is 0.481 e. The average molecular weight is 631 g/mol. The van der Waals surface area contributed by atoms with Crippen LogP contribution in [0.3, 0.4) is 0 Å². The Balaban J connectivity index is 1.81. The number of aliphatic carboxylic acids is 1. The second-order valence-electron chi connectivity index (χ2n) is 14.9. The van der Waals surface area contributed by atoms with Crippen LogP contribution in [0.4, 0.5) is 0 Å². The van der Waals surface area contributed by atoms with Crippen molar-refractivity contribution in [1.82, 2.24) is 0 Å². The molecule has 246 valence electrons. The molecular weight excluding hydrogens is 576 g/mol. The van der Waals surface area contributed by atoms with Gasteiger partial charge in [-0.25, -0.2) is 0 Å². The molecule has 1 aromatic rings. The lowest BCUT2D eigenvalue weighted by atomic mass is 9.67. The minimum Gasteiger partial charge on any atom is -0.481 e. The van der Waals surface area contributed by atoms with Gasteiger partial charge in [0.2, 0.25) is 0 Å². The molecule has 0 spiro atoms. The van der Waals surface area contributed by atoms with E-state index in [4.69, 9.17) is 18.6 Å². The van der Waals surface area contributed by atoms with Gasteiger partial charge in [0.25, 0.3) is 0 Å². The molecule has 2 saturated heterocycles. The van der Waals surface area contributed by atoms with E-state index in [2.05, 4.69) is 40.8 Å². The van der Waals surface area contributed by atoms with Gasteiger partial charge < -0.3 is 23.7 Å². The Hall–Kier alpha value is -2.33. The van der Waals surface area contributed by atoms with Crippen LogP contribution in [0.1, 0.15) is 79.7 Å². The molecule has 2 fully saturated rings. The second-order valence-corrected chi connectivity index (χ2v) is 19.6. The van der Waals surface area contributed by atoms with Crippen molar-refractivity contribution in [2.45, 2.75) is 117 Å². The van der Waals surface area contributed by atoms with E-state index in [1.54, 1.807) is 0 Å². The summed E-state index contributed by atoms with van der Waals surface area (Å²) in [6.45, 7) is 19.3. The number of esters is 1. The Morgan fingerprint density at radius 2 is 1.75 bits per heavy atom. The first-order chi connectivity index (χ1) is 20.4. The number of rotatable bonds is 16. The Kier molecular flexibility index (Phi) is 11.8. The van der Waals surface area contributed by atoms with E-state index in [1.165, 1.54) is 6.08 Å². The summed E-state index contributed by atoms with van der Waals surface area (Å²) in [6, 6.07) is 9.97. The molecule has 0 radical (unpaired) electrons. The summed E-state index contributed by atoms with van der Waals surface area (Å²) in [6.07, 6.45) is 3.75. The van der Waals surface area contributed by atoms with Gasteiger partial charge in [0, 0.05) is 18.3 Å². The Morgan fingerprint density at radius 1 is 1.09 bits per heavy atom. The van der Waals surface area contributed by atoms with E-state index in [1.807, 2.05) is 57.2 Å². The van der Waals surface area contributed by atoms with Gasteiger partial charge in [-0.15, -0.1) is 0 Å². The molecule has 2 aliphatic rings. The van der Waals surface area contributed by atoms with Crippen molar-refractivity contribution in [3.8, 4) is 0 Å². The van der Waals surface area contributed by atoms with Crippen molar-refractivity contribution in [1.29, 1.82) is 0 Å². The van der Waals surface area contributed by atoms with Crippen molar-refractivity contribution in [2.24, 2.45) is 23.2 Å². The highest BCUT2D eigenvalue weighted by molar-refractivity contribution is 6.74. The number of ether oxygens (including phenoxy) is 3. The molecular formula is C35H54O8Si. The summed E-state index contributed by atoms with van der Waals surface area (Å²) in [4.78, 5) is 38.0. The van der Waals surface area contributed by atoms with E-state index in [9.17, 15) is 19.5 Å². The molecule has 8 nitrogen and oxygen atoms in total. The summed E-state index contributed by atoms with van der Waals surface area (Å²) < 4.78 is 25.1. The summed E-state index contributed by atoms with van der Waals surface area (Å²) in [5.41, 5.74) is -0.333. The lowest BCUT2D eigenvalue weighted by Crippen LogP contribution is -2.47. The van der Waals surface area contributed by atoms with E-state index >= 15 is 0 Å². The molecule has 2 aliphatic heterocycles. The number of carbonyl (C=O) groups excluding carboxylic acids is 2. The van der Waals surface area contributed by atoms with Crippen molar-refractivity contribution in [3.05, 3.63) is 48.0 Å². The molecule has 1 unspecified atom stereocenters. The smallest absolute Gasteiger partial charge is 0.311 e. The molecule has 1 aromatic carbocycles. The average Bonchev–Trinajstić information content (AvgIpc) is 3.41. The third-order valence-electron chi connectivity index (χ3n) is 10.2. The number of benzene rings is 1. The Bertz CT molecular complexity index is 1170. The number of carbonyl (C=O) groups is 3. The zero-order valence-corrected chi connectivity index (χ0v) is 29.2. The predicted octanol–water partition coefficient (Wildman–Crippen LogP) is 6.97. The molecule has 0 aliphatic carbocycles. The summed E-state index contributed by atoms with van der Waals surface area (Å²) in [5, 5.41) is 9.41. The minimum atomic E-state index is -2.30. The van der Waals surface area contributed by atoms with Gasteiger partial charge in [0.1, 0.15) is 0 Å². The summed E-state index contributed by atoms with van der Waals surface area (Å²) in [5.74, 6) is -1.60. The zero-order chi connectivity index (χ0) is 32.9. The van der Waals surface area contributed by atoms with Crippen LogP contribution in [0.15, 0.2) is 42.5 Å². The van der Waals surface area contributed by atoms with E-state index in [0.717, 1.165) is 12.0 Å². The van der Waals surface area contributed by atoms with Crippen LogP contribution in [0.25, 0.3) is 0 Å². The highest BCUT2D eigenvalue weighted by atomic mass is 28.4. The molecule has 9 heteroatoms. The van der Waals surface area contributed by atoms with Crippen LogP contribution in [-0.2, 0) is 39.6 Å². The first-order valence-electron chi connectivity index (χ1n) is 16.0. The Morgan fingerprint density at radius 3 is 2.34 bits per heavy atom. The highest BCUT2D eigenvalue weighted by Gasteiger charge is 2.62. The third-order valence-corrected chi connectivity index (χ3v) is 14.7. The lowest BCUT2D eigenvalue weighted by molar-refractivity contribution is -0.158. The standard InChI is InChI=1S/C35H54O8Si/c1-10-34(6,7)32(39)41-23-29-28(22-40-21-25-14-12-11-13-15-25)30-18-24(2)35(29,42-30)17-16-26(36)19-27(20-31(37)38)43-44(8,9)33(3,4)5/h11-17,24,27-30H,10,18-23H2,1-9H3,(H,37,38)/t24-,27-,28?,29-,30-,35+/m1/s1. The SMILES string of the molecule is CCC(C)(C)C(=O)OC[C@@H]1C(COCc2ccccc2)[C@H]2C[C@@H](C)[C@]1(C=CC(=O)C[C@H](CC(=O)O)O[Si](C)(C)C(C)(C)C)O2. The Labute approximate surface area is 265 Å². The number of carboxylic acids is 1. The fourth-order valence-electron chi connectivity index (χ4n) is 5.92. The van der Waals surface area contributed by atoms with E-state index in [0.29, 0.717) is 19.6 Å². The third kappa shape index (κ3) is 8.68. The quantitative estimate of drug-likeness (QED) is 0.119. The fraction of sp³-hybridized carbons (Fsp3) is 0.686. The maximum absolute atomic E-state index is 13.3. The molecule has 1 N–H and O–H groups in total. The molecule has 6 atom stereocenters. The van der Waals surface area contributed by atoms with Gasteiger partial charge in [-0.2, -0.15) is 0 Å². The summed E-state index contributed by atoms with van der Waals surface area (Å²) in [7, 11) is -2.30. The monoisotopic (exact) mass is 630 g/mol. The molecule has 2 bridgehead atoms. The van der Waals surface area contributed by atoms with Crippen LogP contribution >= 0.6 is 0 Å². The van der Waals surface area contributed by atoms with Crippen molar-refractivity contribution < 1.29 is 38.1 Å². The summed E-state index contributed by atoms with van der Waals surface area (Å²) >= 11 is 0. The topological polar surface area (TPSA) is 108 Å². The van der Waals surface area contributed by atoms with Crippen LogP contribution in [0.2, 0.25) is 18.1 Å². The molecule has 2 heterocycles. The van der Waals surface area contributed by atoms with Gasteiger partial charge in [0.15, 0.2) is 14.1 Å². The molecule has 0 saturated carbocycles. The van der Waals surface area contributed by atoms with Crippen molar-refractivity contribution in [2.75, 3.05) is 13.2 Å². The van der Waals surface area contributed by atoms with Gasteiger partial charge in [-0.3, -0.25) is 14.4 Å². The maximum Gasteiger partial charge on any atom is 0.311 e. The fourth-order valence-corrected chi connectivity index (χ4v) is 7.28. The van der Waals surface area contributed by atoms with Gasteiger partial charge in [-0.05, 0) is 68.5 Å². The normalized spacial score (nSPS) is 26.2. The predicted molar refractivity (Wildman–Crippen MR) is 173 cm³/mol. The van der Waals surface area contributed by atoms with Gasteiger partial charge in [-0.1, -0.05) is 65.0 Å². The van der Waals surface area contributed by atoms with E-state index in [-0.39, 0.29) is 60.1 Å². The molecule has 0 amide bonds. The number of ketones is 1. The first kappa shape index (κ1) is 36.1. The number of fused-ring (bicyclic) bond motifs is 2. The van der Waals surface area contributed by atoms with Gasteiger partial charge in [0.05, 0.1) is 49.5 Å². The number of hydrogen-bond acceptors (Lipinski definition) is 7. The van der Waals surface area contributed by atoms with Crippen LogP contribution in [-0.4, -0.2) is 62.2 Å². The number of allylic oxidation sites excluding steroid dienone is 1. The molecule has 0 aromatic heterocycles. The number of carboxylic acid groups (broad SMARTS) is 1. The first-order valence-corrected chi connectivity index (χ1v) is 18.9. The van der Waals surface area contributed by atoms with Gasteiger partial charge >= 0.3 is 11.9 Å². The second kappa shape index (κ2) is 14.4. The molecule has 44 heavy (non-hydrogen) atoms. The zero-order valence-electron chi connectivity index (χ0n) is 28.2. The van der Waals surface area contributed by atoms with E-state index < -0.39 is 31.4 Å². The van der Waals surface area contributed by atoms with Crippen LogP contribution in [0, 0.1) is 23.2 Å².